The number of methoxy groups -OCH3 is 1. The largest absolute Gasteiger partial charge is 0.509 e. The van der Waals surface area contributed by atoms with Gasteiger partial charge in [-0.3, -0.25) is 9.63 Å². The number of hydroxylamine groups is 4. The highest BCUT2D eigenvalue weighted by Crippen LogP contribution is 2.45. The minimum atomic E-state index is -0.954. The summed E-state index contributed by atoms with van der Waals surface area (Å²) in [6.07, 6.45) is 0.781. The maximum Gasteiger partial charge on any atom is 0.282 e. The Morgan fingerprint density at radius 2 is 1.70 bits per heavy atom. The van der Waals surface area contributed by atoms with Crippen molar-refractivity contribution >= 4 is 11.5 Å². The van der Waals surface area contributed by atoms with E-state index in [4.69, 9.17) is 9.57 Å². The predicted molar refractivity (Wildman–Crippen MR) is 100 cm³/mol. The Kier molecular flexibility index (Phi) is 5.58. The summed E-state index contributed by atoms with van der Waals surface area (Å²) in [7, 11) is 1.56. The molecule has 0 atom stereocenters. The Balaban J connectivity index is 2.06. The SMILES string of the molecule is COCCON1C(=O)C(c2cc(C)c(C)cc2C)=C(O)C12CCN(O)CC2. The quantitative estimate of drug-likeness (QED) is 0.769. The number of amides is 1. The average molecular weight is 376 g/mol. The number of hydrogen-bond acceptors (Lipinski definition) is 6. The van der Waals surface area contributed by atoms with Crippen LogP contribution in [0.4, 0.5) is 0 Å². The van der Waals surface area contributed by atoms with E-state index in [9.17, 15) is 15.1 Å². The lowest BCUT2D eigenvalue weighted by atomic mass is 9.85. The molecule has 148 valence electrons. The molecule has 1 aromatic rings. The van der Waals surface area contributed by atoms with E-state index in [0.717, 1.165) is 22.3 Å². The number of aliphatic hydroxyl groups excluding tert-OH is 1. The summed E-state index contributed by atoms with van der Waals surface area (Å²) in [4.78, 5) is 19.0. The number of rotatable bonds is 5. The number of nitrogens with zero attached hydrogens (tertiary/aromatic N) is 2. The molecular weight excluding hydrogens is 348 g/mol. The lowest BCUT2D eigenvalue weighted by Gasteiger charge is -2.41. The second-order valence-corrected chi connectivity index (χ2v) is 7.39. The summed E-state index contributed by atoms with van der Waals surface area (Å²) in [5.74, 6) is -0.314. The lowest BCUT2D eigenvalue weighted by Crippen LogP contribution is -2.54. The fourth-order valence-corrected chi connectivity index (χ4v) is 3.90. The second-order valence-electron chi connectivity index (χ2n) is 7.39. The Morgan fingerprint density at radius 3 is 2.33 bits per heavy atom. The molecule has 3 rings (SSSR count). The molecule has 0 aliphatic carbocycles. The highest BCUT2D eigenvalue weighted by molar-refractivity contribution is 6.23. The lowest BCUT2D eigenvalue weighted by molar-refractivity contribution is -0.231. The molecule has 0 bridgehead atoms. The van der Waals surface area contributed by atoms with Crippen molar-refractivity contribution in [1.29, 1.82) is 0 Å². The van der Waals surface area contributed by atoms with Gasteiger partial charge in [0.2, 0.25) is 0 Å². The van der Waals surface area contributed by atoms with Crippen LogP contribution in [-0.4, -0.2) is 65.3 Å². The molecular formula is C20H28N2O5. The summed E-state index contributed by atoms with van der Waals surface area (Å²) < 4.78 is 5.03. The Morgan fingerprint density at radius 1 is 1.07 bits per heavy atom. The fourth-order valence-electron chi connectivity index (χ4n) is 3.90. The Labute approximate surface area is 159 Å². The van der Waals surface area contributed by atoms with E-state index in [1.807, 2.05) is 32.9 Å². The van der Waals surface area contributed by atoms with Gasteiger partial charge in [-0.05, 0) is 55.9 Å². The highest BCUT2D eigenvalue weighted by Gasteiger charge is 2.55. The molecule has 1 fully saturated rings. The molecule has 1 aromatic carbocycles. The zero-order chi connectivity index (χ0) is 19.8. The Hall–Kier alpha value is -1.93. The molecule has 0 unspecified atom stereocenters. The number of carbonyl (C=O) groups is 1. The molecule has 7 heteroatoms. The van der Waals surface area contributed by atoms with Crippen LogP contribution in [0.15, 0.2) is 17.9 Å². The second kappa shape index (κ2) is 7.59. The van der Waals surface area contributed by atoms with Gasteiger partial charge in [0.25, 0.3) is 5.91 Å². The number of aliphatic hydroxyl groups is 1. The number of piperidine rings is 1. The van der Waals surface area contributed by atoms with Crippen LogP contribution in [0.3, 0.4) is 0 Å². The van der Waals surface area contributed by atoms with Gasteiger partial charge in [0, 0.05) is 20.2 Å². The highest BCUT2D eigenvalue weighted by atomic mass is 16.7. The van der Waals surface area contributed by atoms with Gasteiger partial charge in [-0.15, -0.1) is 0 Å². The van der Waals surface area contributed by atoms with Gasteiger partial charge in [-0.25, -0.2) is 5.06 Å². The van der Waals surface area contributed by atoms with Crippen LogP contribution in [0.25, 0.3) is 5.57 Å². The summed E-state index contributed by atoms with van der Waals surface area (Å²) >= 11 is 0. The molecule has 1 spiro atoms. The first kappa shape index (κ1) is 19.8. The third-order valence-electron chi connectivity index (χ3n) is 5.65. The molecule has 0 saturated carbocycles. The molecule has 0 radical (unpaired) electrons. The third-order valence-corrected chi connectivity index (χ3v) is 5.65. The van der Waals surface area contributed by atoms with Crippen molar-refractivity contribution in [1.82, 2.24) is 10.1 Å². The van der Waals surface area contributed by atoms with Crippen LogP contribution in [-0.2, 0) is 14.4 Å². The van der Waals surface area contributed by atoms with E-state index in [-0.39, 0.29) is 18.3 Å². The molecule has 2 aliphatic rings. The minimum Gasteiger partial charge on any atom is -0.509 e. The molecule has 1 amide bonds. The molecule has 27 heavy (non-hydrogen) atoms. The molecule has 2 aliphatic heterocycles. The molecule has 1 saturated heterocycles. The van der Waals surface area contributed by atoms with E-state index in [0.29, 0.717) is 38.1 Å². The third kappa shape index (κ3) is 3.36. The topological polar surface area (TPSA) is 82.5 Å². The first-order valence-corrected chi connectivity index (χ1v) is 9.24. The molecule has 0 aromatic heterocycles. The fraction of sp³-hybridized carbons (Fsp3) is 0.550. The van der Waals surface area contributed by atoms with Gasteiger partial charge in [-0.1, -0.05) is 12.1 Å². The summed E-state index contributed by atoms with van der Waals surface area (Å²) in [5, 5.41) is 23.5. The van der Waals surface area contributed by atoms with Gasteiger partial charge in [0.05, 0.1) is 18.8 Å². The van der Waals surface area contributed by atoms with Gasteiger partial charge in [0.1, 0.15) is 11.3 Å². The first-order valence-electron chi connectivity index (χ1n) is 9.24. The monoisotopic (exact) mass is 376 g/mol. The van der Waals surface area contributed by atoms with Crippen molar-refractivity contribution in [2.75, 3.05) is 33.4 Å². The Bertz CT molecular complexity index is 766. The molecule has 2 N–H and O–H groups in total. The number of aryl methyl sites for hydroxylation is 3. The maximum absolute atomic E-state index is 13.3. The molecule has 7 nitrogen and oxygen atoms in total. The van der Waals surface area contributed by atoms with E-state index in [1.54, 1.807) is 7.11 Å². The van der Waals surface area contributed by atoms with Gasteiger partial charge < -0.3 is 15.1 Å². The van der Waals surface area contributed by atoms with Crippen molar-refractivity contribution in [3.8, 4) is 0 Å². The molecule has 2 heterocycles. The maximum atomic E-state index is 13.3. The number of hydrogen-bond donors (Lipinski definition) is 2. The van der Waals surface area contributed by atoms with Crippen molar-refractivity contribution in [2.45, 2.75) is 39.2 Å². The van der Waals surface area contributed by atoms with Gasteiger partial charge in [-0.2, -0.15) is 5.06 Å². The summed E-state index contributed by atoms with van der Waals surface area (Å²) in [5.41, 5.74) is 3.19. The summed E-state index contributed by atoms with van der Waals surface area (Å²) in [6, 6.07) is 3.97. The number of benzene rings is 1. The average Bonchev–Trinajstić information content (AvgIpc) is 2.82. The van der Waals surface area contributed by atoms with Gasteiger partial charge >= 0.3 is 0 Å². The zero-order valence-electron chi connectivity index (χ0n) is 16.4. The van der Waals surface area contributed by atoms with Crippen LogP contribution in [0.2, 0.25) is 0 Å². The number of ether oxygens (including phenoxy) is 1. The van der Waals surface area contributed by atoms with E-state index in [1.165, 1.54) is 10.1 Å². The summed E-state index contributed by atoms with van der Waals surface area (Å²) in [6.45, 7) is 7.19. The predicted octanol–water partition coefficient (Wildman–Crippen LogP) is 2.52. The minimum absolute atomic E-state index is 0.0318. The zero-order valence-corrected chi connectivity index (χ0v) is 16.4. The smallest absolute Gasteiger partial charge is 0.282 e. The first-order chi connectivity index (χ1) is 12.8. The van der Waals surface area contributed by atoms with Crippen LogP contribution in [0, 0.1) is 20.8 Å². The standard InChI is InChI=1S/C20H28N2O5/c1-13-11-15(3)16(12-14(13)2)17-18(23)20(5-7-21(25)8-6-20)22(19(17)24)27-10-9-26-4/h11-12,23,25H,5-10H2,1-4H3. The van der Waals surface area contributed by atoms with E-state index in [2.05, 4.69) is 0 Å². The van der Waals surface area contributed by atoms with Crippen molar-refractivity contribution in [3.05, 3.63) is 40.1 Å². The van der Waals surface area contributed by atoms with Crippen LogP contribution < -0.4 is 0 Å². The van der Waals surface area contributed by atoms with Crippen LogP contribution >= 0.6 is 0 Å². The van der Waals surface area contributed by atoms with Gasteiger partial charge in [0.15, 0.2) is 0 Å². The number of carbonyl (C=O) groups excluding carboxylic acids is 1. The van der Waals surface area contributed by atoms with E-state index >= 15 is 0 Å². The van der Waals surface area contributed by atoms with Crippen molar-refractivity contribution < 1.29 is 24.7 Å². The van der Waals surface area contributed by atoms with E-state index < -0.39 is 5.54 Å². The van der Waals surface area contributed by atoms with Crippen molar-refractivity contribution in [3.63, 3.8) is 0 Å². The van der Waals surface area contributed by atoms with Crippen LogP contribution in [0.1, 0.15) is 35.1 Å². The normalized spacial score (nSPS) is 20.2. The van der Waals surface area contributed by atoms with Crippen LogP contribution in [0.5, 0.6) is 0 Å². The van der Waals surface area contributed by atoms with Crippen molar-refractivity contribution in [2.24, 2.45) is 0 Å².